The Morgan fingerprint density at radius 1 is 1.21 bits per heavy atom. The van der Waals surface area contributed by atoms with Crippen molar-refractivity contribution in [1.29, 1.82) is 0 Å². The molecule has 0 bridgehead atoms. The number of nitrogens with zero attached hydrogens (tertiary/aromatic N) is 5. The molecule has 10 heteroatoms. The Bertz CT molecular complexity index is 1190. The number of aromatic nitrogens is 5. The van der Waals surface area contributed by atoms with Gasteiger partial charge in [-0.25, -0.2) is 0 Å². The quantitative estimate of drug-likeness (QED) is 0.302. The van der Waals surface area contributed by atoms with Crippen LogP contribution in [0.1, 0.15) is 35.7 Å². The van der Waals surface area contributed by atoms with E-state index >= 15 is 0 Å². The van der Waals surface area contributed by atoms with Crippen molar-refractivity contribution in [3.63, 3.8) is 0 Å². The van der Waals surface area contributed by atoms with Gasteiger partial charge in [0.2, 0.25) is 0 Å². The molecule has 0 N–H and O–H groups in total. The molecule has 0 radical (unpaired) electrons. The second-order valence-electron chi connectivity index (χ2n) is 7.00. The van der Waals surface area contributed by atoms with E-state index in [1.54, 1.807) is 10.8 Å². The molecule has 0 spiro atoms. The summed E-state index contributed by atoms with van der Waals surface area (Å²) in [6.45, 7) is 6.27. The Morgan fingerprint density at radius 2 is 1.97 bits per heavy atom. The maximum atomic E-state index is 13.2. The summed E-state index contributed by atoms with van der Waals surface area (Å²) in [6.07, 6.45) is -1.68. The summed E-state index contributed by atoms with van der Waals surface area (Å²) in [5, 5.41) is 1.08. The molecule has 0 atom stereocenters. The zero-order valence-corrected chi connectivity index (χ0v) is 18.3. The average Bonchev–Trinajstić information content (AvgIpc) is 3.33. The molecule has 0 aromatic carbocycles. The van der Waals surface area contributed by atoms with Crippen LogP contribution < -0.4 is 0 Å². The van der Waals surface area contributed by atoms with Crippen LogP contribution in [0.2, 0.25) is 5.28 Å². The van der Waals surface area contributed by atoms with Crippen LogP contribution in [0.25, 0.3) is 21.3 Å². The van der Waals surface area contributed by atoms with Crippen molar-refractivity contribution >= 4 is 37.1 Å². The molecular formula is C19H17ClF3N5Se. The minimum absolute atomic E-state index is 0.121. The second kappa shape index (κ2) is 7.31. The fourth-order valence-electron chi connectivity index (χ4n) is 3.19. The van der Waals surface area contributed by atoms with E-state index < -0.39 is 11.9 Å². The zero-order chi connectivity index (χ0) is 20.9. The molecule has 0 saturated heterocycles. The molecule has 4 heterocycles. The van der Waals surface area contributed by atoms with Gasteiger partial charge in [-0.05, 0) is 0 Å². The van der Waals surface area contributed by atoms with Gasteiger partial charge in [0.25, 0.3) is 0 Å². The predicted octanol–water partition coefficient (Wildman–Crippen LogP) is 4.96. The van der Waals surface area contributed by atoms with Crippen LogP contribution >= 0.6 is 11.6 Å². The molecule has 152 valence electrons. The Morgan fingerprint density at radius 3 is 2.66 bits per heavy atom. The summed E-state index contributed by atoms with van der Waals surface area (Å²) in [5.41, 5.74) is 0.908. The van der Waals surface area contributed by atoms with Crippen molar-refractivity contribution in [2.24, 2.45) is 0 Å². The van der Waals surface area contributed by atoms with Gasteiger partial charge in [-0.1, -0.05) is 0 Å². The summed E-state index contributed by atoms with van der Waals surface area (Å²) >= 11 is 5.81. The fraction of sp³-hybridized carbons (Fsp3) is 0.316. The van der Waals surface area contributed by atoms with E-state index in [-0.39, 0.29) is 25.8 Å². The predicted molar refractivity (Wildman–Crippen MR) is 106 cm³/mol. The molecule has 0 aliphatic heterocycles. The maximum absolute atomic E-state index is 13.2. The number of alkyl halides is 3. The van der Waals surface area contributed by atoms with E-state index in [9.17, 15) is 13.2 Å². The number of aryl methyl sites for hydroxylation is 1. The van der Waals surface area contributed by atoms with Gasteiger partial charge >= 0.3 is 176 Å². The van der Waals surface area contributed by atoms with Crippen LogP contribution in [0.15, 0.2) is 30.6 Å². The molecule has 0 saturated carbocycles. The van der Waals surface area contributed by atoms with Crippen molar-refractivity contribution in [2.45, 2.75) is 39.5 Å². The summed E-state index contributed by atoms with van der Waals surface area (Å²) in [6, 6.07) is 5.71. The van der Waals surface area contributed by atoms with Crippen LogP contribution in [0.4, 0.5) is 13.2 Å². The molecule has 0 fully saturated rings. The number of hydrogen-bond donors (Lipinski definition) is 0. The number of hydrogen-bond acceptors (Lipinski definition) is 3. The van der Waals surface area contributed by atoms with Crippen molar-refractivity contribution in [1.82, 2.24) is 24.1 Å². The Kier molecular flexibility index (Phi) is 5.09. The van der Waals surface area contributed by atoms with Gasteiger partial charge in [0.15, 0.2) is 0 Å². The van der Waals surface area contributed by atoms with E-state index in [1.165, 1.54) is 0 Å². The van der Waals surface area contributed by atoms with Gasteiger partial charge in [-0.3, -0.25) is 0 Å². The Hall–Kier alpha value is -2.09. The number of rotatable bonds is 4. The minimum atomic E-state index is -4.46. The number of imidazole rings is 1. The Balaban J connectivity index is 1.71. The molecule has 5 nitrogen and oxygen atoms in total. The van der Waals surface area contributed by atoms with Gasteiger partial charge in [-0.15, -0.1) is 0 Å². The van der Waals surface area contributed by atoms with E-state index in [0.29, 0.717) is 12.4 Å². The van der Waals surface area contributed by atoms with Gasteiger partial charge in [0.1, 0.15) is 0 Å². The molecular weight excluding hydrogens is 470 g/mol. The van der Waals surface area contributed by atoms with Gasteiger partial charge in [-0.2, -0.15) is 0 Å². The van der Waals surface area contributed by atoms with Gasteiger partial charge in [0.05, 0.1) is 0 Å². The third-order valence-corrected chi connectivity index (χ3v) is 7.01. The summed E-state index contributed by atoms with van der Waals surface area (Å²) in [5.74, 6) is 0.387. The first kappa shape index (κ1) is 20.2. The standard InChI is InChI=1S/C19H17ClF3N5Se/c1-10(2)27-9-15(19(21,22)23)25-17(27)14-5-4-13(29-14)8-28-11(3)6-12-7-24-18(20)26-16(12)28/h4-7,9-10H,8H2,1-3H3. The summed E-state index contributed by atoms with van der Waals surface area (Å²) < 4.78 is 45.1. The third-order valence-electron chi connectivity index (χ3n) is 4.59. The van der Waals surface area contributed by atoms with Crippen LogP contribution in [-0.2, 0) is 12.7 Å². The molecule has 4 aromatic heterocycles. The first-order valence-corrected chi connectivity index (χ1v) is 11.0. The van der Waals surface area contributed by atoms with Crippen LogP contribution in [0, 0.1) is 6.92 Å². The topological polar surface area (TPSA) is 48.5 Å². The summed E-state index contributed by atoms with van der Waals surface area (Å²) in [7, 11) is 0. The van der Waals surface area contributed by atoms with E-state index in [2.05, 4.69) is 15.0 Å². The average molecular weight is 487 g/mol. The monoisotopic (exact) mass is 487 g/mol. The van der Waals surface area contributed by atoms with Crippen LogP contribution in [0.3, 0.4) is 0 Å². The van der Waals surface area contributed by atoms with Crippen molar-refractivity contribution in [3.8, 4) is 10.3 Å². The first-order chi connectivity index (χ1) is 13.6. The molecule has 0 aliphatic carbocycles. The number of halogens is 4. The second-order valence-corrected chi connectivity index (χ2v) is 9.79. The van der Waals surface area contributed by atoms with Crippen LogP contribution in [0.5, 0.6) is 0 Å². The van der Waals surface area contributed by atoms with Crippen LogP contribution in [-0.4, -0.2) is 38.6 Å². The van der Waals surface area contributed by atoms with E-state index in [1.807, 2.05) is 43.5 Å². The normalized spacial score (nSPS) is 12.4. The molecule has 4 rings (SSSR count). The van der Waals surface area contributed by atoms with Gasteiger partial charge < -0.3 is 0 Å². The van der Waals surface area contributed by atoms with Crippen molar-refractivity contribution in [2.75, 3.05) is 0 Å². The molecule has 4 aromatic rings. The molecule has 0 amide bonds. The number of fused-ring (bicyclic) bond motifs is 1. The van der Waals surface area contributed by atoms with Crippen molar-refractivity contribution in [3.05, 3.63) is 51.7 Å². The van der Waals surface area contributed by atoms with E-state index in [0.717, 1.165) is 31.8 Å². The summed E-state index contributed by atoms with van der Waals surface area (Å²) in [4.78, 5) is 12.2. The zero-order valence-electron chi connectivity index (χ0n) is 15.8. The molecule has 0 aliphatic rings. The third kappa shape index (κ3) is 3.86. The SMILES string of the molecule is Cc1cc2cnc(Cl)nc2n1Cc1ccc(-c2nc(C(F)(F)F)cn2C(C)C)[se]1. The Labute approximate surface area is 175 Å². The van der Waals surface area contributed by atoms with E-state index in [4.69, 9.17) is 11.6 Å². The fourth-order valence-corrected chi connectivity index (χ4v) is 5.40. The van der Waals surface area contributed by atoms with Crippen molar-refractivity contribution < 1.29 is 13.2 Å². The first-order valence-electron chi connectivity index (χ1n) is 8.87. The molecule has 29 heavy (non-hydrogen) atoms. The van der Waals surface area contributed by atoms with Gasteiger partial charge in [0, 0.05) is 0 Å². The molecule has 0 unspecified atom stereocenters.